The van der Waals surface area contributed by atoms with Gasteiger partial charge in [-0.3, -0.25) is 19.3 Å². The molecule has 0 saturated carbocycles. The Bertz CT molecular complexity index is 670. The second-order valence-electron chi connectivity index (χ2n) is 5.04. The Balaban J connectivity index is 1.87. The molecule has 0 saturated heterocycles. The van der Waals surface area contributed by atoms with Crippen molar-refractivity contribution in [2.75, 3.05) is 26.3 Å². The lowest BCUT2D eigenvalue weighted by Gasteiger charge is -2.13. The normalized spacial score (nSPS) is 13.2. The monoisotopic (exact) mass is 320 g/mol. The van der Waals surface area contributed by atoms with Gasteiger partial charge in [-0.05, 0) is 19.1 Å². The van der Waals surface area contributed by atoms with Crippen molar-refractivity contribution in [3.8, 4) is 0 Å². The summed E-state index contributed by atoms with van der Waals surface area (Å²) in [6.45, 7) is 1.09. The molecule has 1 aromatic rings. The number of carboxylic acids is 1. The second kappa shape index (κ2) is 7.01. The van der Waals surface area contributed by atoms with Crippen molar-refractivity contribution in [3.05, 3.63) is 34.9 Å². The Hall–Kier alpha value is -2.74. The highest BCUT2D eigenvalue weighted by Crippen LogP contribution is 2.23. The van der Waals surface area contributed by atoms with Crippen LogP contribution in [-0.2, 0) is 14.3 Å². The van der Waals surface area contributed by atoms with Crippen LogP contribution in [0.3, 0.4) is 0 Å². The van der Waals surface area contributed by atoms with Crippen LogP contribution in [0.25, 0.3) is 0 Å². The number of carbonyl (C=O) groups is 4. The number of hydrogen-bond donors (Lipinski definition) is 2. The lowest BCUT2D eigenvalue weighted by Crippen LogP contribution is -2.41. The minimum Gasteiger partial charge on any atom is -0.480 e. The third-order valence-corrected chi connectivity index (χ3v) is 3.22. The second-order valence-corrected chi connectivity index (χ2v) is 5.04. The molecule has 1 aliphatic heterocycles. The first-order valence-electron chi connectivity index (χ1n) is 6.93. The van der Waals surface area contributed by atoms with Crippen LogP contribution >= 0.6 is 0 Å². The molecule has 0 radical (unpaired) electrons. The number of hydrogen-bond acceptors (Lipinski definition) is 5. The Labute approximate surface area is 132 Å². The maximum absolute atomic E-state index is 12.2. The molecule has 2 N–H and O–H groups in total. The maximum atomic E-state index is 12.2. The van der Waals surface area contributed by atoms with Crippen LogP contribution in [-0.4, -0.2) is 60.0 Å². The summed E-state index contributed by atoms with van der Waals surface area (Å²) in [5.41, 5.74) is 1.44. The van der Waals surface area contributed by atoms with E-state index >= 15 is 0 Å². The summed E-state index contributed by atoms with van der Waals surface area (Å²) in [4.78, 5) is 47.2. The largest absolute Gasteiger partial charge is 0.480 e. The number of aryl methyl sites for hydroxylation is 1. The number of benzene rings is 1. The zero-order valence-corrected chi connectivity index (χ0v) is 12.5. The van der Waals surface area contributed by atoms with Gasteiger partial charge >= 0.3 is 5.97 Å². The van der Waals surface area contributed by atoms with Crippen LogP contribution in [0.5, 0.6) is 0 Å². The van der Waals surface area contributed by atoms with Gasteiger partial charge in [0.05, 0.1) is 17.7 Å². The van der Waals surface area contributed by atoms with Gasteiger partial charge in [-0.1, -0.05) is 11.6 Å². The predicted molar refractivity (Wildman–Crippen MR) is 78.0 cm³/mol. The van der Waals surface area contributed by atoms with Gasteiger partial charge in [0.1, 0.15) is 13.2 Å². The summed E-state index contributed by atoms with van der Waals surface area (Å²) in [6, 6.07) is 4.92. The first kappa shape index (κ1) is 16.6. The van der Waals surface area contributed by atoms with Gasteiger partial charge in [0.15, 0.2) is 0 Å². The third kappa shape index (κ3) is 3.92. The van der Waals surface area contributed by atoms with Crippen molar-refractivity contribution in [1.29, 1.82) is 0 Å². The minimum absolute atomic E-state index is 0.0271. The standard InChI is InChI=1S/C15H16N2O6/c1-9-2-3-10-11(6-9)15(22)17(14(10)21)7-12(18)16-4-5-23-8-13(19)20/h2-3,6H,4-5,7-8H2,1H3,(H,16,18)(H,19,20). The third-order valence-electron chi connectivity index (χ3n) is 3.22. The molecule has 8 heteroatoms. The van der Waals surface area contributed by atoms with E-state index in [-0.39, 0.29) is 25.3 Å². The Morgan fingerprint density at radius 3 is 2.61 bits per heavy atom. The molecule has 2 rings (SSSR count). The molecular formula is C15H16N2O6. The molecule has 0 atom stereocenters. The molecular weight excluding hydrogens is 304 g/mol. The van der Waals surface area contributed by atoms with Gasteiger partial charge < -0.3 is 15.2 Å². The van der Waals surface area contributed by atoms with Gasteiger partial charge in [0.2, 0.25) is 5.91 Å². The number of nitrogens with zero attached hydrogens (tertiary/aromatic N) is 1. The molecule has 1 aliphatic rings. The Morgan fingerprint density at radius 1 is 1.22 bits per heavy atom. The van der Waals surface area contributed by atoms with Gasteiger partial charge in [-0.2, -0.15) is 0 Å². The fourth-order valence-corrected chi connectivity index (χ4v) is 2.17. The van der Waals surface area contributed by atoms with E-state index in [9.17, 15) is 19.2 Å². The van der Waals surface area contributed by atoms with Gasteiger partial charge in [-0.25, -0.2) is 4.79 Å². The number of imide groups is 1. The average Bonchev–Trinajstić information content (AvgIpc) is 2.71. The average molecular weight is 320 g/mol. The van der Waals surface area contributed by atoms with Crippen LogP contribution in [0, 0.1) is 6.92 Å². The quantitative estimate of drug-likeness (QED) is 0.532. The molecule has 0 fully saturated rings. The highest BCUT2D eigenvalue weighted by Gasteiger charge is 2.36. The van der Waals surface area contributed by atoms with E-state index in [1.54, 1.807) is 18.2 Å². The lowest BCUT2D eigenvalue weighted by atomic mass is 10.1. The highest BCUT2D eigenvalue weighted by atomic mass is 16.5. The summed E-state index contributed by atoms with van der Waals surface area (Å²) in [7, 11) is 0. The first-order chi connectivity index (χ1) is 10.9. The van der Waals surface area contributed by atoms with Crippen LogP contribution in [0.15, 0.2) is 18.2 Å². The molecule has 0 bridgehead atoms. The van der Waals surface area contributed by atoms with Crippen molar-refractivity contribution >= 4 is 23.7 Å². The van der Waals surface area contributed by atoms with Crippen molar-refractivity contribution in [1.82, 2.24) is 10.2 Å². The van der Waals surface area contributed by atoms with Crippen LogP contribution in [0.2, 0.25) is 0 Å². The summed E-state index contributed by atoms with van der Waals surface area (Å²) in [6.07, 6.45) is 0. The topological polar surface area (TPSA) is 113 Å². The molecule has 0 aromatic heterocycles. The molecule has 0 unspecified atom stereocenters. The molecule has 1 aromatic carbocycles. The maximum Gasteiger partial charge on any atom is 0.329 e. The van der Waals surface area contributed by atoms with Crippen molar-refractivity contribution in [2.45, 2.75) is 6.92 Å². The lowest BCUT2D eigenvalue weighted by molar-refractivity contribution is -0.142. The number of carboxylic acid groups (broad SMARTS) is 1. The smallest absolute Gasteiger partial charge is 0.329 e. The van der Waals surface area contributed by atoms with Crippen LogP contribution < -0.4 is 5.32 Å². The zero-order chi connectivity index (χ0) is 17.0. The van der Waals surface area contributed by atoms with Crippen molar-refractivity contribution < 1.29 is 29.0 Å². The number of carbonyl (C=O) groups excluding carboxylic acids is 3. The van der Waals surface area contributed by atoms with Crippen LogP contribution in [0.1, 0.15) is 26.3 Å². The molecule has 122 valence electrons. The predicted octanol–water partition coefficient (Wildman–Crippen LogP) is -0.192. The van der Waals surface area contributed by atoms with Crippen LogP contribution in [0.4, 0.5) is 0 Å². The minimum atomic E-state index is -1.10. The summed E-state index contributed by atoms with van der Waals surface area (Å²) in [5.74, 6) is -2.61. The van der Waals surface area contributed by atoms with E-state index in [1.807, 2.05) is 6.92 Å². The van der Waals surface area contributed by atoms with E-state index < -0.39 is 30.3 Å². The SMILES string of the molecule is Cc1ccc2c(c1)C(=O)N(CC(=O)NCCOCC(=O)O)C2=O. The van der Waals surface area contributed by atoms with Gasteiger partial charge in [0.25, 0.3) is 11.8 Å². The number of rotatable bonds is 7. The molecule has 3 amide bonds. The van der Waals surface area contributed by atoms with E-state index in [0.29, 0.717) is 5.56 Å². The molecule has 23 heavy (non-hydrogen) atoms. The highest BCUT2D eigenvalue weighted by molar-refractivity contribution is 6.22. The summed E-state index contributed by atoms with van der Waals surface area (Å²) in [5, 5.41) is 10.8. The van der Waals surface area contributed by atoms with Crippen molar-refractivity contribution in [3.63, 3.8) is 0 Å². The Kier molecular flexibility index (Phi) is 5.07. The van der Waals surface area contributed by atoms with E-state index in [1.165, 1.54) is 0 Å². The van der Waals surface area contributed by atoms with Gasteiger partial charge in [0, 0.05) is 6.54 Å². The fraction of sp³-hybridized carbons (Fsp3) is 0.333. The summed E-state index contributed by atoms with van der Waals surface area (Å²) < 4.78 is 4.76. The molecule has 1 heterocycles. The van der Waals surface area contributed by atoms with E-state index in [4.69, 9.17) is 9.84 Å². The molecule has 8 nitrogen and oxygen atoms in total. The van der Waals surface area contributed by atoms with Gasteiger partial charge in [-0.15, -0.1) is 0 Å². The number of nitrogens with one attached hydrogen (secondary N) is 1. The summed E-state index contributed by atoms with van der Waals surface area (Å²) >= 11 is 0. The number of amides is 3. The van der Waals surface area contributed by atoms with E-state index in [0.717, 1.165) is 10.5 Å². The number of ether oxygens (including phenoxy) is 1. The van der Waals surface area contributed by atoms with E-state index in [2.05, 4.69) is 5.32 Å². The number of aliphatic carboxylic acids is 1. The fourth-order valence-electron chi connectivity index (χ4n) is 2.17. The van der Waals surface area contributed by atoms with Crippen molar-refractivity contribution in [2.24, 2.45) is 0 Å². The number of fused-ring (bicyclic) bond motifs is 1. The molecule has 0 aliphatic carbocycles. The zero-order valence-electron chi connectivity index (χ0n) is 12.5. The molecule has 0 spiro atoms. The Morgan fingerprint density at radius 2 is 1.91 bits per heavy atom. The first-order valence-corrected chi connectivity index (χ1v) is 6.93.